The number of nitrogens with one attached hydrogen (secondary N) is 1. The van der Waals surface area contributed by atoms with Crippen LogP contribution in [0.1, 0.15) is 5.56 Å². The van der Waals surface area contributed by atoms with Crippen LogP contribution in [0.2, 0.25) is 0 Å². The number of rotatable bonds is 5. The zero-order chi connectivity index (χ0) is 16.8. The fraction of sp³-hybridized carbons (Fsp3) is 0.0526. The smallest absolute Gasteiger partial charge is 0.277 e. The lowest BCUT2D eigenvalue weighted by Crippen LogP contribution is -2.24. The van der Waals surface area contributed by atoms with Crippen molar-refractivity contribution in [1.82, 2.24) is 5.43 Å². The van der Waals surface area contributed by atoms with E-state index in [9.17, 15) is 4.79 Å². The Bertz CT molecular complexity index is 871. The monoisotopic (exact) mass is 382 g/mol. The second-order valence-corrected chi connectivity index (χ2v) is 6.03. The third-order valence-electron chi connectivity index (χ3n) is 3.38. The summed E-state index contributed by atoms with van der Waals surface area (Å²) in [5, 5.41) is 5.98. The van der Waals surface area contributed by atoms with Crippen molar-refractivity contribution in [1.29, 1.82) is 0 Å². The first-order valence-corrected chi connectivity index (χ1v) is 8.20. The van der Waals surface area contributed by atoms with Crippen LogP contribution >= 0.6 is 15.9 Å². The Morgan fingerprint density at radius 2 is 1.79 bits per heavy atom. The minimum Gasteiger partial charge on any atom is -0.483 e. The Hall–Kier alpha value is -2.66. The van der Waals surface area contributed by atoms with Gasteiger partial charge in [0, 0.05) is 9.86 Å². The Kier molecular flexibility index (Phi) is 5.23. The van der Waals surface area contributed by atoms with Crippen molar-refractivity contribution in [3.05, 3.63) is 76.8 Å². The predicted octanol–water partition coefficient (Wildman–Crippen LogP) is 4.13. The molecule has 0 bridgehead atoms. The molecule has 4 nitrogen and oxygen atoms in total. The number of hydrogen-bond donors (Lipinski definition) is 1. The average molecular weight is 383 g/mol. The molecule has 5 heteroatoms. The van der Waals surface area contributed by atoms with Gasteiger partial charge in [-0.1, -0.05) is 64.5 Å². The normalized spacial score (nSPS) is 10.9. The number of amides is 1. The van der Waals surface area contributed by atoms with Gasteiger partial charge in [0.1, 0.15) is 5.75 Å². The summed E-state index contributed by atoms with van der Waals surface area (Å²) in [4.78, 5) is 11.8. The third kappa shape index (κ3) is 4.20. The van der Waals surface area contributed by atoms with Gasteiger partial charge in [0.2, 0.25) is 0 Å². The Balaban J connectivity index is 1.56. The first kappa shape index (κ1) is 16.2. The summed E-state index contributed by atoms with van der Waals surface area (Å²) in [7, 11) is 0. The quantitative estimate of drug-likeness (QED) is 0.532. The molecule has 0 spiro atoms. The van der Waals surface area contributed by atoms with E-state index >= 15 is 0 Å². The molecule has 0 radical (unpaired) electrons. The molecule has 1 amide bonds. The molecule has 0 aliphatic heterocycles. The van der Waals surface area contributed by atoms with E-state index in [0.29, 0.717) is 5.75 Å². The van der Waals surface area contributed by atoms with Crippen molar-refractivity contribution in [2.45, 2.75) is 0 Å². The largest absolute Gasteiger partial charge is 0.483 e. The van der Waals surface area contributed by atoms with E-state index < -0.39 is 0 Å². The zero-order valence-electron chi connectivity index (χ0n) is 12.8. The van der Waals surface area contributed by atoms with Crippen LogP contribution in [-0.2, 0) is 4.79 Å². The molecular weight excluding hydrogens is 368 g/mol. The maximum absolute atomic E-state index is 11.8. The van der Waals surface area contributed by atoms with Crippen molar-refractivity contribution in [2.24, 2.45) is 5.10 Å². The predicted molar refractivity (Wildman–Crippen MR) is 99.3 cm³/mol. The van der Waals surface area contributed by atoms with E-state index in [1.807, 2.05) is 66.7 Å². The van der Waals surface area contributed by atoms with E-state index in [2.05, 4.69) is 26.5 Å². The lowest BCUT2D eigenvalue weighted by molar-refractivity contribution is -0.123. The number of fused-ring (bicyclic) bond motifs is 1. The summed E-state index contributed by atoms with van der Waals surface area (Å²) in [6.45, 7) is -0.0916. The molecule has 0 atom stereocenters. The minimum absolute atomic E-state index is 0.0916. The molecule has 0 heterocycles. The van der Waals surface area contributed by atoms with E-state index in [4.69, 9.17) is 4.74 Å². The molecule has 0 aliphatic rings. The number of benzene rings is 3. The van der Waals surface area contributed by atoms with Gasteiger partial charge in [-0.05, 0) is 29.1 Å². The molecule has 0 saturated carbocycles. The summed E-state index contributed by atoms with van der Waals surface area (Å²) in [6, 6.07) is 21.2. The molecule has 0 aliphatic carbocycles. The van der Waals surface area contributed by atoms with Crippen molar-refractivity contribution < 1.29 is 9.53 Å². The SMILES string of the molecule is O=C(COc1cccc2ccccc12)N/N=C\c1ccc(Br)cc1. The standard InChI is InChI=1S/C19H15BrN2O2/c20-16-10-8-14(9-11-16)12-21-22-19(23)13-24-18-7-3-5-15-4-1-2-6-17(15)18/h1-12H,13H2,(H,22,23)/b21-12-. The Labute approximate surface area is 148 Å². The summed E-state index contributed by atoms with van der Waals surface area (Å²) >= 11 is 3.37. The molecule has 3 aromatic rings. The highest BCUT2D eigenvalue weighted by molar-refractivity contribution is 9.10. The van der Waals surface area contributed by atoms with Gasteiger partial charge >= 0.3 is 0 Å². The van der Waals surface area contributed by atoms with E-state index in [1.54, 1.807) is 6.21 Å². The molecule has 0 aromatic heterocycles. The van der Waals surface area contributed by atoms with Gasteiger partial charge in [0.05, 0.1) is 6.21 Å². The summed E-state index contributed by atoms with van der Waals surface area (Å²) in [5.41, 5.74) is 3.35. The third-order valence-corrected chi connectivity index (χ3v) is 3.91. The van der Waals surface area contributed by atoms with Crippen molar-refractivity contribution >= 4 is 38.8 Å². The number of nitrogens with zero attached hydrogens (tertiary/aromatic N) is 1. The van der Waals surface area contributed by atoms with E-state index in [0.717, 1.165) is 20.8 Å². The molecule has 0 saturated heterocycles. The summed E-state index contributed by atoms with van der Waals surface area (Å²) in [5.74, 6) is 0.372. The van der Waals surface area contributed by atoms with E-state index in [1.165, 1.54) is 0 Å². The van der Waals surface area contributed by atoms with Gasteiger partial charge in [-0.15, -0.1) is 0 Å². The molecule has 0 fully saturated rings. The first-order chi connectivity index (χ1) is 11.7. The van der Waals surface area contributed by atoms with Crippen molar-refractivity contribution in [3.8, 4) is 5.75 Å². The topological polar surface area (TPSA) is 50.7 Å². The van der Waals surface area contributed by atoms with E-state index in [-0.39, 0.29) is 12.5 Å². The van der Waals surface area contributed by atoms with Crippen LogP contribution in [0.5, 0.6) is 5.75 Å². The molecular formula is C19H15BrN2O2. The number of halogens is 1. The number of hydrogen-bond acceptors (Lipinski definition) is 3. The highest BCUT2D eigenvalue weighted by atomic mass is 79.9. The number of hydrazone groups is 1. The molecule has 3 aromatic carbocycles. The van der Waals surface area contributed by atoms with Crippen molar-refractivity contribution in [3.63, 3.8) is 0 Å². The van der Waals surface area contributed by atoms with Crippen molar-refractivity contribution in [2.75, 3.05) is 6.61 Å². The highest BCUT2D eigenvalue weighted by Crippen LogP contribution is 2.24. The fourth-order valence-corrected chi connectivity index (χ4v) is 2.49. The number of ether oxygens (including phenoxy) is 1. The number of carbonyl (C=O) groups is 1. The Morgan fingerprint density at radius 3 is 2.62 bits per heavy atom. The Morgan fingerprint density at radius 1 is 1.04 bits per heavy atom. The number of carbonyl (C=O) groups excluding carboxylic acids is 1. The molecule has 120 valence electrons. The van der Waals surface area contributed by atoms with Gasteiger partial charge in [0.25, 0.3) is 5.91 Å². The van der Waals surface area contributed by atoms with Crippen LogP contribution < -0.4 is 10.2 Å². The second-order valence-electron chi connectivity index (χ2n) is 5.11. The van der Waals surface area contributed by atoms with Crippen LogP contribution in [0.15, 0.2) is 76.3 Å². The van der Waals surface area contributed by atoms with Gasteiger partial charge in [-0.2, -0.15) is 5.10 Å². The summed E-state index contributed by atoms with van der Waals surface area (Å²) in [6.07, 6.45) is 1.59. The van der Waals surface area contributed by atoms with Gasteiger partial charge in [-0.25, -0.2) is 5.43 Å². The highest BCUT2D eigenvalue weighted by Gasteiger charge is 2.04. The average Bonchev–Trinajstić information content (AvgIpc) is 2.61. The van der Waals surface area contributed by atoms with Crippen LogP contribution in [-0.4, -0.2) is 18.7 Å². The van der Waals surface area contributed by atoms with Gasteiger partial charge < -0.3 is 4.74 Å². The lowest BCUT2D eigenvalue weighted by Gasteiger charge is -2.08. The maximum Gasteiger partial charge on any atom is 0.277 e. The minimum atomic E-state index is -0.309. The first-order valence-electron chi connectivity index (χ1n) is 7.40. The van der Waals surface area contributed by atoms with Crippen LogP contribution in [0.3, 0.4) is 0 Å². The second kappa shape index (κ2) is 7.75. The maximum atomic E-state index is 11.8. The van der Waals surface area contributed by atoms with Crippen LogP contribution in [0, 0.1) is 0 Å². The summed E-state index contributed by atoms with van der Waals surface area (Å²) < 4.78 is 6.60. The molecule has 3 rings (SSSR count). The van der Waals surface area contributed by atoms with Crippen LogP contribution in [0.4, 0.5) is 0 Å². The fourth-order valence-electron chi connectivity index (χ4n) is 2.22. The zero-order valence-corrected chi connectivity index (χ0v) is 14.4. The lowest BCUT2D eigenvalue weighted by atomic mass is 10.1. The van der Waals surface area contributed by atoms with Gasteiger partial charge in [0.15, 0.2) is 6.61 Å². The molecule has 24 heavy (non-hydrogen) atoms. The molecule has 1 N–H and O–H groups in total. The van der Waals surface area contributed by atoms with Gasteiger partial charge in [-0.3, -0.25) is 4.79 Å². The molecule has 0 unspecified atom stereocenters. The van der Waals surface area contributed by atoms with Crippen LogP contribution in [0.25, 0.3) is 10.8 Å².